The predicted octanol–water partition coefficient (Wildman–Crippen LogP) is 4.68. The molecule has 0 amide bonds. The minimum absolute atomic E-state index is 0.285. The molecule has 2 heteroatoms. The Hall–Kier alpha value is -1.15. The summed E-state index contributed by atoms with van der Waals surface area (Å²) in [6.45, 7) is 2.93. The van der Waals surface area contributed by atoms with Crippen LogP contribution >= 0.6 is 0 Å². The second-order valence-electron chi connectivity index (χ2n) is 6.44. The van der Waals surface area contributed by atoms with E-state index in [2.05, 4.69) is 19.1 Å². The maximum Gasteiger partial charge on any atom is 0.162 e. The molecule has 21 heavy (non-hydrogen) atoms. The van der Waals surface area contributed by atoms with Crippen molar-refractivity contribution in [3.63, 3.8) is 0 Å². The molecule has 0 aliphatic heterocycles. The van der Waals surface area contributed by atoms with Gasteiger partial charge < -0.3 is 5.73 Å². The molecule has 1 aromatic rings. The normalized spacial score (nSPS) is 16.5. The molecule has 1 fully saturated rings. The summed E-state index contributed by atoms with van der Waals surface area (Å²) >= 11 is 0. The summed E-state index contributed by atoms with van der Waals surface area (Å²) in [5, 5.41) is 0. The van der Waals surface area contributed by atoms with Gasteiger partial charge in [-0.25, -0.2) is 0 Å². The van der Waals surface area contributed by atoms with Crippen molar-refractivity contribution in [1.29, 1.82) is 0 Å². The van der Waals surface area contributed by atoms with E-state index in [1.165, 1.54) is 37.7 Å². The number of ketones is 1. The number of Topliss-reactive ketones (excluding diaryl/α,β-unsaturated/α-hetero) is 1. The molecule has 0 aromatic heterocycles. The van der Waals surface area contributed by atoms with Gasteiger partial charge in [0.2, 0.25) is 0 Å². The fourth-order valence-corrected chi connectivity index (χ4v) is 3.24. The largest absolute Gasteiger partial charge is 0.330 e. The van der Waals surface area contributed by atoms with Crippen LogP contribution in [0.15, 0.2) is 24.3 Å². The first kappa shape index (κ1) is 16.2. The van der Waals surface area contributed by atoms with Crippen molar-refractivity contribution in [2.45, 2.75) is 64.2 Å². The van der Waals surface area contributed by atoms with Crippen molar-refractivity contribution in [1.82, 2.24) is 0 Å². The summed E-state index contributed by atoms with van der Waals surface area (Å²) < 4.78 is 0. The van der Waals surface area contributed by atoms with Crippen molar-refractivity contribution in [3.05, 3.63) is 35.4 Å². The van der Waals surface area contributed by atoms with Gasteiger partial charge in [0, 0.05) is 12.0 Å². The molecule has 0 heterocycles. The zero-order valence-corrected chi connectivity index (χ0v) is 13.3. The number of benzene rings is 1. The molecular formula is C19H29NO. The second kappa shape index (κ2) is 8.33. The Morgan fingerprint density at radius 2 is 1.90 bits per heavy atom. The highest BCUT2D eigenvalue weighted by atomic mass is 16.1. The molecule has 0 saturated heterocycles. The first-order valence-corrected chi connectivity index (χ1v) is 8.57. The van der Waals surface area contributed by atoms with Crippen LogP contribution in [0.4, 0.5) is 0 Å². The Labute approximate surface area is 129 Å². The molecule has 0 radical (unpaired) electrons. The summed E-state index contributed by atoms with van der Waals surface area (Å²) in [7, 11) is 0. The van der Waals surface area contributed by atoms with E-state index in [4.69, 9.17) is 5.73 Å². The Morgan fingerprint density at radius 3 is 2.43 bits per heavy atom. The van der Waals surface area contributed by atoms with Crippen LogP contribution in [0, 0.1) is 5.92 Å². The molecule has 1 aliphatic rings. The van der Waals surface area contributed by atoms with Gasteiger partial charge in [-0.3, -0.25) is 4.79 Å². The number of hydrogen-bond acceptors (Lipinski definition) is 2. The molecule has 1 unspecified atom stereocenters. The quantitative estimate of drug-likeness (QED) is 0.670. The molecule has 2 rings (SSSR count). The lowest BCUT2D eigenvalue weighted by molar-refractivity contribution is 0.0972. The molecular weight excluding hydrogens is 258 g/mol. The molecule has 1 aliphatic carbocycles. The molecule has 0 bridgehead atoms. The standard InChI is InChI=1S/C19H29NO/c1-2-4-15(13-14-20)7-12-19(21)18-10-8-17(9-11-18)16-5-3-6-16/h8-11,15-16H,2-7,12-14,20H2,1H3. The first-order chi connectivity index (χ1) is 10.2. The third-order valence-corrected chi connectivity index (χ3v) is 4.86. The van der Waals surface area contributed by atoms with Gasteiger partial charge in [-0.2, -0.15) is 0 Å². The van der Waals surface area contributed by atoms with Crippen LogP contribution in [0.25, 0.3) is 0 Å². The molecule has 1 atom stereocenters. The van der Waals surface area contributed by atoms with E-state index in [-0.39, 0.29) is 5.78 Å². The number of rotatable bonds is 9. The third kappa shape index (κ3) is 4.67. The topological polar surface area (TPSA) is 43.1 Å². The van der Waals surface area contributed by atoms with Gasteiger partial charge in [0.15, 0.2) is 5.78 Å². The number of carbonyl (C=O) groups excluding carboxylic acids is 1. The Kier molecular flexibility index (Phi) is 6.44. The molecule has 2 N–H and O–H groups in total. The SMILES string of the molecule is CCCC(CCN)CCC(=O)c1ccc(C2CCC2)cc1. The van der Waals surface area contributed by atoms with Gasteiger partial charge in [-0.15, -0.1) is 0 Å². The number of nitrogens with two attached hydrogens (primary N) is 1. The Bertz CT molecular complexity index is 427. The highest BCUT2D eigenvalue weighted by molar-refractivity contribution is 5.96. The van der Waals surface area contributed by atoms with E-state index in [0.29, 0.717) is 12.3 Å². The fourth-order valence-electron chi connectivity index (χ4n) is 3.24. The molecule has 116 valence electrons. The van der Waals surface area contributed by atoms with Gasteiger partial charge in [0.25, 0.3) is 0 Å². The lowest BCUT2D eigenvalue weighted by Gasteiger charge is -2.25. The van der Waals surface area contributed by atoms with Crippen molar-refractivity contribution >= 4 is 5.78 Å². The van der Waals surface area contributed by atoms with E-state index in [1.54, 1.807) is 0 Å². The maximum atomic E-state index is 12.3. The predicted molar refractivity (Wildman–Crippen MR) is 88.7 cm³/mol. The van der Waals surface area contributed by atoms with Crippen molar-refractivity contribution in [2.75, 3.05) is 6.54 Å². The van der Waals surface area contributed by atoms with E-state index in [1.807, 2.05) is 12.1 Å². The first-order valence-electron chi connectivity index (χ1n) is 8.57. The van der Waals surface area contributed by atoms with Crippen LogP contribution in [0.3, 0.4) is 0 Å². The third-order valence-electron chi connectivity index (χ3n) is 4.86. The zero-order valence-electron chi connectivity index (χ0n) is 13.3. The minimum Gasteiger partial charge on any atom is -0.330 e. The molecule has 2 nitrogen and oxygen atoms in total. The summed E-state index contributed by atoms with van der Waals surface area (Å²) in [5.41, 5.74) is 7.94. The number of carbonyl (C=O) groups is 1. The highest BCUT2D eigenvalue weighted by Gasteiger charge is 2.19. The smallest absolute Gasteiger partial charge is 0.162 e. The Balaban J connectivity index is 1.84. The summed E-state index contributed by atoms with van der Waals surface area (Å²) in [4.78, 5) is 12.3. The van der Waals surface area contributed by atoms with Gasteiger partial charge in [0.05, 0.1) is 0 Å². The zero-order chi connectivity index (χ0) is 15.1. The summed E-state index contributed by atoms with van der Waals surface area (Å²) in [5.74, 6) is 1.64. The second-order valence-corrected chi connectivity index (χ2v) is 6.44. The van der Waals surface area contributed by atoms with E-state index < -0.39 is 0 Å². The van der Waals surface area contributed by atoms with Crippen molar-refractivity contribution in [3.8, 4) is 0 Å². The van der Waals surface area contributed by atoms with Crippen molar-refractivity contribution < 1.29 is 4.79 Å². The van der Waals surface area contributed by atoms with E-state index in [0.717, 1.165) is 30.9 Å². The molecule has 1 aromatic carbocycles. The van der Waals surface area contributed by atoms with Crippen LogP contribution in [0.5, 0.6) is 0 Å². The fraction of sp³-hybridized carbons (Fsp3) is 0.632. The minimum atomic E-state index is 0.285. The van der Waals surface area contributed by atoms with Crippen LogP contribution in [-0.2, 0) is 0 Å². The van der Waals surface area contributed by atoms with E-state index >= 15 is 0 Å². The van der Waals surface area contributed by atoms with E-state index in [9.17, 15) is 4.79 Å². The van der Waals surface area contributed by atoms with Gasteiger partial charge in [0.1, 0.15) is 0 Å². The molecule has 0 spiro atoms. The monoisotopic (exact) mass is 287 g/mol. The van der Waals surface area contributed by atoms with Gasteiger partial charge in [-0.1, -0.05) is 50.5 Å². The summed E-state index contributed by atoms with van der Waals surface area (Å²) in [6, 6.07) is 8.35. The van der Waals surface area contributed by atoms with Crippen LogP contribution < -0.4 is 5.73 Å². The molecule has 1 saturated carbocycles. The highest BCUT2D eigenvalue weighted by Crippen LogP contribution is 2.36. The number of hydrogen-bond donors (Lipinski definition) is 1. The van der Waals surface area contributed by atoms with Crippen LogP contribution in [0.2, 0.25) is 0 Å². The average molecular weight is 287 g/mol. The lowest BCUT2D eigenvalue weighted by Crippen LogP contribution is -2.11. The van der Waals surface area contributed by atoms with Crippen molar-refractivity contribution in [2.24, 2.45) is 11.7 Å². The van der Waals surface area contributed by atoms with Crippen LogP contribution in [-0.4, -0.2) is 12.3 Å². The van der Waals surface area contributed by atoms with Gasteiger partial charge in [-0.05, 0) is 49.6 Å². The van der Waals surface area contributed by atoms with Gasteiger partial charge >= 0.3 is 0 Å². The average Bonchev–Trinajstić information content (AvgIpc) is 2.44. The maximum absolute atomic E-state index is 12.3. The Morgan fingerprint density at radius 1 is 1.19 bits per heavy atom. The lowest BCUT2D eigenvalue weighted by atomic mass is 9.80. The van der Waals surface area contributed by atoms with Crippen LogP contribution in [0.1, 0.15) is 80.1 Å². The summed E-state index contributed by atoms with van der Waals surface area (Å²) in [6.07, 6.45) is 9.02.